The molecule has 25 heteroatoms. The number of amides is 3. The number of carbonyl (C=O) groups is 4. The number of carbonyl (C=O) groups excluding carboxylic acids is 3. The van der Waals surface area contributed by atoms with E-state index in [1.165, 1.54) is 0 Å². The Balaban J connectivity index is 0.000000221. The number of carboxylic acids is 1. The number of fused-ring (bicyclic) bond motifs is 9. The standard InChI is InChI=1S/C21H25F3N6O4.C21H23F3N6O3/c22-21(23,24)12-34-19-28-15(27-18(29-19)30-20(7-8-20)17(32)33)11-13-3-5-14(6-4-13)16(31)26-10-2-1-9-25;22-21(23,24)12-33-19-28-15-11-13-3-5-14(6-4-13)16(31)25-9-1-2-10-26-17(32)20(7-8-20)30-18(27-15)29-19/h3-6H,1-2,7-12,25H2,(H,26,31)(H,32,33)(H,27,28,29,30);3-6H,1-2,7-12H2,(H,25,31)(H,26,32)(H,27,28,29,30). The number of unbranched alkanes of at least 4 members (excludes halogenated alkanes) is 1. The van der Waals surface area contributed by atoms with E-state index in [2.05, 4.69) is 61.2 Å². The molecule has 0 unspecified atom stereocenters. The number of aliphatic carboxylic acids is 1. The fourth-order valence-electron chi connectivity index (χ4n) is 6.38. The Kier molecular flexibility index (Phi) is 16.0. The Morgan fingerprint density at radius 3 is 2.01 bits per heavy atom. The molecule has 2 fully saturated rings. The zero-order chi connectivity index (χ0) is 48.2. The maximum Gasteiger partial charge on any atom is 0.422 e. The summed E-state index contributed by atoms with van der Waals surface area (Å²) < 4.78 is 85.0. The molecule has 67 heavy (non-hydrogen) atoms. The Hall–Kier alpha value is -6.92. The van der Waals surface area contributed by atoms with Gasteiger partial charge in [-0.2, -0.15) is 56.2 Å². The molecule has 2 saturated carbocycles. The lowest BCUT2D eigenvalue weighted by atomic mass is 10.1. The van der Waals surface area contributed by atoms with Crippen molar-refractivity contribution in [1.82, 2.24) is 45.9 Å². The van der Waals surface area contributed by atoms with Crippen molar-refractivity contribution in [3.8, 4) is 12.0 Å². The molecule has 2 aromatic heterocycles. The van der Waals surface area contributed by atoms with Crippen LogP contribution in [0.1, 0.15) is 94.9 Å². The lowest BCUT2D eigenvalue weighted by molar-refractivity contribution is -0.155. The number of anilines is 2. The van der Waals surface area contributed by atoms with E-state index in [9.17, 15) is 50.6 Å². The van der Waals surface area contributed by atoms with E-state index in [0.29, 0.717) is 81.4 Å². The second-order valence-corrected chi connectivity index (χ2v) is 16.0. The van der Waals surface area contributed by atoms with Gasteiger partial charge in [-0.3, -0.25) is 14.4 Å². The quantitative estimate of drug-likeness (QED) is 0.0698. The smallest absolute Gasteiger partial charge is 0.422 e. The number of rotatable bonds is 14. The van der Waals surface area contributed by atoms with Crippen LogP contribution in [-0.2, 0) is 22.4 Å². The van der Waals surface area contributed by atoms with Crippen LogP contribution in [0, 0.1) is 0 Å². The highest BCUT2D eigenvalue weighted by Crippen LogP contribution is 2.39. The number of aromatic nitrogens is 6. The van der Waals surface area contributed by atoms with Gasteiger partial charge < -0.3 is 46.9 Å². The molecule has 2 aliphatic carbocycles. The van der Waals surface area contributed by atoms with Gasteiger partial charge in [-0.25, -0.2) is 4.79 Å². The van der Waals surface area contributed by atoms with Crippen LogP contribution in [0.25, 0.3) is 0 Å². The number of nitrogens with one attached hydrogen (secondary N) is 5. The fraction of sp³-hybridized carbons (Fsp3) is 0.476. The second-order valence-electron chi connectivity index (χ2n) is 16.0. The van der Waals surface area contributed by atoms with Gasteiger partial charge in [-0.1, -0.05) is 24.3 Å². The number of nitrogens with zero attached hydrogens (tertiary/aromatic N) is 6. The summed E-state index contributed by atoms with van der Waals surface area (Å²) in [5.41, 5.74) is 5.60. The van der Waals surface area contributed by atoms with Gasteiger partial charge >= 0.3 is 30.3 Å². The Morgan fingerprint density at radius 2 is 1.42 bits per heavy atom. The molecule has 4 bridgehead atoms. The van der Waals surface area contributed by atoms with Crippen molar-refractivity contribution in [1.29, 1.82) is 0 Å². The Bertz CT molecular complexity index is 2370. The van der Waals surface area contributed by atoms with Gasteiger partial charge in [0.2, 0.25) is 17.8 Å². The predicted molar refractivity (Wildman–Crippen MR) is 225 cm³/mol. The van der Waals surface area contributed by atoms with E-state index in [1.54, 1.807) is 48.5 Å². The summed E-state index contributed by atoms with van der Waals surface area (Å²) in [6.07, 6.45) is -4.20. The van der Waals surface area contributed by atoms with E-state index in [0.717, 1.165) is 18.4 Å². The summed E-state index contributed by atoms with van der Waals surface area (Å²) in [5, 5.41) is 23.5. The van der Waals surface area contributed by atoms with Crippen molar-refractivity contribution in [3.63, 3.8) is 0 Å². The van der Waals surface area contributed by atoms with Gasteiger partial charge in [0.15, 0.2) is 13.2 Å². The first-order valence-electron chi connectivity index (χ1n) is 21.2. The lowest BCUT2D eigenvalue weighted by Gasteiger charge is -2.18. The number of hydrogen-bond acceptors (Lipinski definition) is 15. The molecule has 2 aromatic carbocycles. The van der Waals surface area contributed by atoms with Crippen LogP contribution < -0.4 is 41.8 Å². The summed E-state index contributed by atoms with van der Waals surface area (Å²) in [6.45, 7) is -1.17. The van der Waals surface area contributed by atoms with Gasteiger partial charge in [0.05, 0.1) is 0 Å². The summed E-state index contributed by atoms with van der Waals surface area (Å²) in [6, 6.07) is 12.3. The molecule has 0 radical (unpaired) electrons. The highest BCUT2D eigenvalue weighted by Gasteiger charge is 2.52. The van der Waals surface area contributed by atoms with Gasteiger partial charge in [0.25, 0.3) is 11.8 Å². The van der Waals surface area contributed by atoms with Crippen molar-refractivity contribution in [2.75, 3.05) is 50.0 Å². The molecule has 4 heterocycles. The molecule has 4 aromatic rings. The molecule has 8 rings (SSSR count). The normalized spacial score (nSPS) is 16.4. The minimum atomic E-state index is -4.60. The molecule has 2 aliphatic heterocycles. The maximum absolute atomic E-state index is 12.7. The number of halogens is 6. The topological polar surface area (TPSA) is 270 Å². The minimum Gasteiger partial charge on any atom is -0.480 e. The zero-order valence-corrected chi connectivity index (χ0v) is 35.9. The first-order valence-corrected chi connectivity index (χ1v) is 21.2. The average molecular weight is 947 g/mol. The van der Waals surface area contributed by atoms with E-state index in [4.69, 9.17) is 10.5 Å². The molecule has 360 valence electrons. The van der Waals surface area contributed by atoms with Crippen LogP contribution in [0.2, 0.25) is 0 Å². The number of ether oxygens (including phenoxy) is 2. The number of hydrogen-bond donors (Lipinski definition) is 7. The monoisotopic (exact) mass is 946 g/mol. The largest absolute Gasteiger partial charge is 0.480 e. The first kappa shape index (κ1) is 49.5. The average Bonchev–Trinajstić information content (AvgIpc) is 4.22. The first-order chi connectivity index (χ1) is 31.8. The van der Waals surface area contributed by atoms with Crippen LogP contribution in [0.3, 0.4) is 0 Å². The molecule has 3 amide bonds. The van der Waals surface area contributed by atoms with Crippen LogP contribution in [0.5, 0.6) is 12.0 Å². The van der Waals surface area contributed by atoms with E-state index < -0.39 is 54.6 Å². The van der Waals surface area contributed by atoms with Crippen LogP contribution >= 0.6 is 0 Å². The van der Waals surface area contributed by atoms with E-state index in [1.807, 2.05) is 0 Å². The summed E-state index contributed by atoms with van der Waals surface area (Å²) in [5.74, 6) is -1.75. The fourth-order valence-corrected chi connectivity index (χ4v) is 6.38. The third-order valence-electron chi connectivity index (χ3n) is 10.3. The minimum absolute atomic E-state index is 0.0260. The Morgan fingerprint density at radius 1 is 0.776 bits per heavy atom. The number of carboxylic acid groups (broad SMARTS) is 1. The summed E-state index contributed by atoms with van der Waals surface area (Å²) in [7, 11) is 0. The lowest BCUT2D eigenvalue weighted by Crippen LogP contribution is -2.42. The Labute approximate surface area is 378 Å². The van der Waals surface area contributed by atoms with E-state index >= 15 is 0 Å². The van der Waals surface area contributed by atoms with Crippen molar-refractivity contribution >= 4 is 35.6 Å². The SMILES string of the molecule is NCCCCNC(=O)c1ccc(Cc2nc(NC3(C(=O)O)CC3)nc(OCC(F)(F)F)n2)cc1.O=C1NCCCCNC(=O)C2(CC2)Nc2nc(nc(OCC(F)(F)F)n2)Cc2ccc1cc2. The maximum atomic E-state index is 12.7. The van der Waals surface area contributed by atoms with Crippen LogP contribution in [-0.4, -0.2) is 122 Å². The molecule has 0 atom stereocenters. The number of benzene rings is 2. The molecule has 8 N–H and O–H groups in total. The van der Waals surface area contributed by atoms with Gasteiger partial charge in [-0.05, 0) is 93.3 Å². The van der Waals surface area contributed by atoms with Gasteiger partial charge in [0, 0.05) is 43.6 Å². The molecule has 0 saturated heterocycles. The third-order valence-corrected chi connectivity index (χ3v) is 10.3. The van der Waals surface area contributed by atoms with Crippen molar-refractivity contribution in [3.05, 3.63) is 82.4 Å². The molecular formula is C42H48F6N12O7. The molecule has 1 spiro atoms. The van der Waals surface area contributed by atoms with E-state index in [-0.39, 0.29) is 54.1 Å². The number of nitrogens with two attached hydrogens (primary N) is 1. The third kappa shape index (κ3) is 15.3. The predicted octanol–water partition coefficient (Wildman–Crippen LogP) is 3.89. The number of alkyl halides is 6. The van der Waals surface area contributed by atoms with Crippen molar-refractivity contribution in [2.45, 2.75) is 87.6 Å². The van der Waals surface area contributed by atoms with Crippen LogP contribution in [0.4, 0.5) is 38.2 Å². The zero-order valence-electron chi connectivity index (χ0n) is 35.9. The highest BCUT2D eigenvalue weighted by molar-refractivity contribution is 5.95. The summed E-state index contributed by atoms with van der Waals surface area (Å²) in [4.78, 5) is 72.6. The summed E-state index contributed by atoms with van der Waals surface area (Å²) >= 11 is 0. The molecule has 4 aliphatic rings. The van der Waals surface area contributed by atoms with Crippen LogP contribution in [0.15, 0.2) is 48.5 Å². The second kappa shape index (κ2) is 21.6. The van der Waals surface area contributed by atoms with Crippen molar-refractivity contribution < 1.29 is 60.1 Å². The molecule has 19 nitrogen and oxygen atoms in total. The van der Waals surface area contributed by atoms with Gasteiger partial charge in [0.1, 0.15) is 22.7 Å². The van der Waals surface area contributed by atoms with Gasteiger partial charge in [-0.15, -0.1) is 0 Å². The van der Waals surface area contributed by atoms with Crippen molar-refractivity contribution in [2.24, 2.45) is 5.73 Å². The highest BCUT2D eigenvalue weighted by atomic mass is 19.4. The molecular weight excluding hydrogens is 899 g/mol.